The molecule has 1 amide bonds. The second-order valence-electron chi connectivity index (χ2n) is 6.96. The van der Waals surface area contributed by atoms with E-state index in [-0.39, 0.29) is 12.5 Å². The minimum atomic E-state index is -0.769. The number of carbonyl (C=O) groups excluding carboxylic acids is 1. The Morgan fingerprint density at radius 2 is 1.81 bits per heavy atom. The normalized spacial score (nSPS) is 33.2. The number of nitrogens with one attached hydrogen (secondary N) is 1. The first-order valence-electron chi connectivity index (χ1n) is 8.40. The number of amides is 1. The lowest BCUT2D eigenvalue weighted by atomic mass is 9.76. The van der Waals surface area contributed by atoms with E-state index < -0.39 is 12.0 Å². The SMILES string of the molecule is O=C(CN1C(C(=O)O)CCC2CCCCC21)NCC1CC1. The zero-order valence-corrected chi connectivity index (χ0v) is 12.6. The van der Waals surface area contributed by atoms with Crippen molar-refractivity contribution >= 4 is 11.9 Å². The van der Waals surface area contributed by atoms with E-state index in [2.05, 4.69) is 5.32 Å². The van der Waals surface area contributed by atoms with Crippen LogP contribution in [-0.2, 0) is 9.59 Å². The van der Waals surface area contributed by atoms with Crippen LogP contribution in [0.2, 0.25) is 0 Å². The fraction of sp³-hybridized carbons (Fsp3) is 0.875. The maximum Gasteiger partial charge on any atom is 0.320 e. The van der Waals surface area contributed by atoms with Crippen molar-refractivity contribution in [1.29, 1.82) is 0 Å². The average molecular weight is 294 g/mol. The van der Waals surface area contributed by atoms with Gasteiger partial charge in [0.2, 0.25) is 5.91 Å². The van der Waals surface area contributed by atoms with E-state index in [1.807, 2.05) is 4.90 Å². The summed E-state index contributed by atoms with van der Waals surface area (Å²) in [5, 5.41) is 12.4. The number of piperidine rings is 1. The van der Waals surface area contributed by atoms with Crippen molar-refractivity contribution in [1.82, 2.24) is 10.2 Å². The quantitative estimate of drug-likeness (QED) is 0.808. The van der Waals surface area contributed by atoms with Crippen LogP contribution in [0, 0.1) is 11.8 Å². The summed E-state index contributed by atoms with van der Waals surface area (Å²) in [6.07, 6.45) is 8.77. The number of hydrogen-bond acceptors (Lipinski definition) is 3. The molecule has 0 aromatic carbocycles. The molecule has 0 aromatic rings. The molecule has 1 saturated heterocycles. The predicted octanol–water partition coefficient (Wildman–Crippen LogP) is 1.62. The molecule has 0 spiro atoms. The number of carboxylic acid groups (broad SMARTS) is 1. The highest BCUT2D eigenvalue weighted by atomic mass is 16.4. The number of hydrogen-bond donors (Lipinski definition) is 2. The first-order valence-corrected chi connectivity index (χ1v) is 8.40. The van der Waals surface area contributed by atoms with Crippen LogP contribution in [-0.4, -0.2) is 47.1 Å². The Morgan fingerprint density at radius 1 is 1.05 bits per heavy atom. The third-order valence-electron chi connectivity index (χ3n) is 5.40. The van der Waals surface area contributed by atoms with Crippen LogP contribution in [0.25, 0.3) is 0 Å². The molecule has 3 rings (SSSR count). The summed E-state index contributed by atoms with van der Waals surface area (Å²) in [7, 11) is 0. The van der Waals surface area contributed by atoms with Gasteiger partial charge in [-0.3, -0.25) is 14.5 Å². The van der Waals surface area contributed by atoms with Gasteiger partial charge >= 0.3 is 5.97 Å². The third kappa shape index (κ3) is 3.57. The second kappa shape index (κ2) is 6.34. The Labute approximate surface area is 126 Å². The molecule has 2 aliphatic carbocycles. The number of nitrogens with zero attached hydrogens (tertiary/aromatic N) is 1. The molecule has 1 aliphatic heterocycles. The molecule has 5 heteroatoms. The maximum absolute atomic E-state index is 12.1. The molecule has 0 aromatic heterocycles. The average Bonchev–Trinajstić information content (AvgIpc) is 3.29. The zero-order valence-electron chi connectivity index (χ0n) is 12.6. The van der Waals surface area contributed by atoms with Gasteiger partial charge in [-0.05, 0) is 50.4 Å². The van der Waals surface area contributed by atoms with Gasteiger partial charge in [0, 0.05) is 12.6 Å². The lowest BCUT2D eigenvalue weighted by Crippen LogP contribution is -2.57. The molecule has 1 heterocycles. The monoisotopic (exact) mass is 294 g/mol. The minimum Gasteiger partial charge on any atom is -0.480 e. The van der Waals surface area contributed by atoms with Crippen molar-refractivity contribution in [3.05, 3.63) is 0 Å². The van der Waals surface area contributed by atoms with Crippen LogP contribution in [0.4, 0.5) is 0 Å². The highest BCUT2D eigenvalue weighted by molar-refractivity contribution is 5.80. The lowest BCUT2D eigenvalue weighted by molar-refractivity contribution is -0.149. The minimum absolute atomic E-state index is 0.000580. The molecular weight excluding hydrogens is 268 g/mol. The number of aliphatic carboxylic acids is 1. The highest BCUT2D eigenvalue weighted by Crippen LogP contribution is 2.37. The van der Waals surface area contributed by atoms with E-state index >= 15 is 0 Å². The van der Waals surface area contributed by atoms with Gasteiger partial charge in [-0.1, -0.05) is 12.8 Å². The lowest BCUT2D eigenvalue weighted by Gasteiger charge is -2.46. The Balaban J connectivity index is 1.63. The molecule has 5 nitrogen and oxygen atoms in total. The summed E-state index contributed by atoms with van der Waals surface area (Å²) in [6, 6.07) is -0.184. The van der Waals surface area contributed by atoms with Crippen LogP contribution in [0.1, 0.15) is 51.4 Å². The van der Waals surface area contributed by atoms with Gasteiger partial charge < -0.3 is 10.4 Å². The Hall–Kier alpha value is -1.10. The van der Waals surface area contributed by atoms with Gasteiger partial charge in [0.15, 0.2) is 0 Å². The zero-order chi connectivity index (χ0) is 14.8. The van der Waals surface area contributed by atoms with Crippen LogP contribution in [0.15, 0.2) is 0 Å². The van der Waals surface area contributed by atoms with E-state index in [1.54, 1.807) is 0 Å². The Bertz CT molecular complexity index is 408. The van der Waals surface area contributed by atoms with Crippen LogP contribution >= 0.6 is 0 Å². The van der Waals surface area contributed by atoms with Gasteiger partial charge in [-0.15, -0.1) is 0 Å². The van der Waals surface area contributed by atoms with Crippen LogP contribution in [0.5, 0.6) is 0 Å². The summed E-state index contributed by atoms with van der Waals surface area (Å²) in [6.45, 7) is 1.02. The van der Waals surface area contributed by atoms with Crippen molar-refractivity contribution in [3.8, 4) is 0 Å². The molecule has 0 radical (unpaired) electrons. The summed E-state index contributed by atoms with van der Waals surface area (Å²) in [4.78, 5) is 25.6. The number of carboxylic acids is 1. The summed E-state index contributed by atoms with van der Waals surface area (Å²) in [5.41, 5.74) is 0. The van der Waals surface area contributed by atoms with Crippen molar-refractivity contribution < 1.29 is 14.7 Å². The van der Waals surface area contributed by atoms with Crippen LogP contribution < -0.4 is 5.32 Å². The number of carbonyl (C=O) groups is 2. The van der Waals surface area contributed by atoms with E-state index in [1.165, 1.54) is 25.7 Å². The second-order valence-corrected chi connectivity index (χ2v) is 6.96. The topological polar surface area (TPSA) is 69.6 Å². The van der Waals surface area contributed by atoms with Gasteiger partial charge in [-0.25, -0.2) is 0 Å². The van der Waals surface area contributed by atoms with E-state index in [4.69, 9.17) is 0 Å². The van der Waals surface area contributed by atoms with Crippen LogP contribution in [0.3, 0.4) is 0 Å². The Morgan fingerprint density at radius 3 is 2.52 bits per heavy atom. The molecule has 118 valence electrons. The molecular formula is C16H26N2O3. The number of fused-ring (bicyclic) bond motifs is 1. The first kappa shape index (κ1) is 14.8. The fourth-order valence-electron chi connectivity index (χ4n) is 4.02. The van der Waals surface area contributed by atoms with Crippen molar-refractivity contribution in [2.45, 2.75) is 63.5 Å². The first-order chi connectivity index (χ1) is 10.1. The summed E-state index contributed by atoms with van der Waals surface area (Å²) < 4.78 is 0. The maximum atomic E-state index is 12.1. The molecule has 3 unspecified atom stereocenters. The fourth-order valence-corrected chi connectivity index (χ4v) is 4.02. The van der Waals surface area contributed by atoms with E-state index in [9.17, 15) is 14.7 Å². The smallest absolute Gasteiger partial charge is 0.320 e. The number of rotatable bonds is 5. The summed E-state index contributed by atoms with van der Waals surface area (Å²) >= 11 is 0. The largest absolute Gasteiger partial charge is 0.480 e. The van der Waals surface area contributed by atoms with E-state index in [0.29, 0.717) is 24.3 Å². The molecule has 0 bridgehead atoms. The van der Waals surface area contributed by atoms with Crippen molar-refractivity contribution in [2.24, 2.45) is 11.8 Å². The van der Waals surface area contributed by atoms with Gasteiger partial charge in [0.05, 0.1) is 6.54 Å². The molecule has 2 N–H and O–H groups in total. The molecule has 2 saturated carbocycles. The molecule has 3 fully saturated rings. The van der Waals surface area contributed by atoms with Gasteiger partial charge in [0.25, 0.3) is 0 Å². The molecule has 3 atom stereocenters. The number of likely N-dealkylation sites (tertiary alicyclic amines) is 1. The Kier molecular flexibility index (Phi) is 4.48. The van der Waals surface area contributed by atoms with Gasteiger partial charge in [-0.2, -0.15) is 0 Å². The van der Waals surface area contributed by atoms with Crippen molar-refractivity contribution in [3.63, 3.8) is 0 Å². The molecule has 21 heavy (non-hydrogen) atoms. The highest BCUT2D eigenvalue weighted by Gasteiger charge is 2.42. The molecule has 3 aliphatic rings. The van der Waals surface area contributed by atoms with E-state index in [0.717, 1.165) is 25.8 Å². The third-order valence-corrected chi connectivity index (χ3v) is 5.40. The predicted molar refractivity (Wildman–Crippen MR) is 78.8 cm³/mol. The van der Waals surface area contributed by atoms with Crippen molar-refractivity contribution in [2.75, 3.05) is 13.1 Å². The summed E-state index contributed by atoms with van der Waals surface area (Å²) in [5.74, 6) is 0.479. The standard InChI is InChI=1S/C16H26N2O3/c19-15(17-9-11-5-6-11)10-18-13-4-2-1-3-12(13)7-8-14(18)16(20)21/h11-14H,1-10H2,(H,17,19)(H,20,21). The van der Waals surface area contributed by atoms with Gasteiger partial charge in [0.1, 0.15) is 6.04 Å².